The molecule has 9 aromatic carbocycles. The van der Waals surface area contributed by atoms with Crippen LogP contribution in [-0.2, 0) is 17.3 Å². The molecule has 1 fully saturated rings. The fourth-order valence-electron chi connectivity index (χ4n) is 13.6. The molecule has 5 aliphatic carbocycles. The molecule has 9 aromatic rings. The summed E-state index contributed by atoms with van der Waals surface area (Å²) in [5.74, 6) is 1.74. The fraction of sp³-hybridized carbons (Fsp3) is 0.243. The lowest BCUT2D eigenvalue weighted by Gasteiger charge is -2.31. The highest BCUT2D eigenvalue weighted by atomic mass is 14.5. The van der Waals surface area contributed by atoms with E-state index in [2.05, 4.69) is 256 Å². The Balaban J connectivity index is 0.000000118. The number of hydrogen-bond donors (Lipinski definition) is 0. The van der Waals surface area contributed by atoms with E-state index in [-0.39, 0.29) is 10.8 Å². The van der Waals surface area contributed by atoms with Crippen LogP contribution in [0.3, 0.4) is 0 Å². The molecule has 0 nitrogen and oxygen atoms in total. The molecule has 0 radical (unpaired) electrons. The van der Waals surface area contributed by atoms with Crippen molar-refractivity contribution in [2.75, 3.05) is 0 Å². The van der Waals surface area contributed by atoms with Crippen LogP contribution in [0.2, 0.25) is 0 Å². The van der Waals surface area contributed by atoms with Gasteiger partial charge in [-0.15, -0.1) is 0 Å². The highest BCUT2D eigenvalue weighted by molar-refractivity contribution is 6.16. The highest BCUT2D eigenvalue weighted by Crippen LogP contribution is 2.55. The Morgan fingerprint density at radius 3 is 1.80 bits per heavy atom. The summed E-state index contributed by atoms with van der Waals surface area (Å²) in [6, 6.07) is 67.8. The Kier molecular flexibility index (Phi) is 12.2. The molecule has 0 saturated heterocycles. The summed E-state index contributed by atoms with van der Waals surface area (Å²) in [6.07, 6.45) is 13.5. The van der Waals surface area contributed by atoms with Crippen molar-refractivity contribution in [2.45, 2.75) is 110 Å². The summed E-state index contributed by atoms with van der Waals surface area (Å²) in [5.41, 5.74) is 29.9. The van der Waals surface area contributed by atoms with E-state index in [9.17, 15) is 0 Å². The minimum Gasteiger partial charge on any atom is -0.0758 e. The smallest absolute Gasteiger partial charge is 0.0159 e. The quantitative estimate of drug-likeness (QED) is 0.156. The summed E-state index contributed by atoms with van der Waals surface area (Å²) in [5, 5.41) is 2.89. The van der Waals surface area contributed by atoms with Crippen molar-refractivity contribution < 1.29 is 0 Å². The number of rotatable bonds is 6. The summed E-state index contributed by atoms with van der Waals surface area (Å²) in [7, 11) is 0. The van der Waals surface area contributed by atoms with E-state index in [0.717, 1.165) is 6.42 Å². The van der Waals surface area contributed by atoms with Gasteiger partial charge in [0.25, 0.3) is 0 Å². The number of hydrogen-bond acceptors (Lipinski definition) is 0. The molecular weight excluding hydrogens is 889 g/mol. The van der Waals surface area contributed by atoms with Gasteiger partial charge in [-0.1, -0.05) is 253 Å². The Morgan fingerprint density at radius 1 is 0.486 bits per heavy atom. The van der Waals surface area contributed by atoms with Crippen LogP contribution >= 0.6 is 0 Å². The average Bonchev–Trinajstić information content (AvgIpc) is 3.95. The van der Waals surface area contributed by atoms with Crippen molar-refractivity contribution in [3.8, 4) is 55.6 Å². The van der Waals surface area contributed by atoms with Crippen LogP contribution in [0.4, 0.5) is 0 Å². The van der Waals surface area contributed by atoms with Crippen LogP contribution < -0.4 is 0 Å². The minimum atomic E-state index is 0.0248. The van der Waals surface area contributed by atoms with E-state index in [1.54, 1.807) is 5.56 Å². The Hall–Kier alpha value is -7.28. The predicted molar refractivity (Wildman–Crippen MR) is 317 cm³/mol. The van der Waals surface area contributed by atoms with Crippen LogP contribution in [0.5, 0.6) is 0 Å². The van der Waals surface area contributed by atoms with Gasteiger partial charge < -0.3 is 0 Å². The maximum Gasteiger partial charge on any atom is 0.0159 e. The molecule has 0 bridgehead atoms. The van der Waals surface area contributed by atoms with Gasteiger partial charge in [0.15, 0.2) is 0 Å². The predicted octanol–water partition coefficient (Wildman–Crippen LogP) is 20.3. The first-order valence-corrected chi connectivity index (χ1v) is 27.6. The van der Waals surface area contributed by atoms with Crippen LogP contribution in [0.15, 0.2) is 200 Å². The lowest BCUT2D eigenvalue weighted by Crippen LogP contribution is -2.25. The van der Waals surface area contributed by atoms with Crippen molar-refractivity contribution in [1.82, 2.24) is 0 Å². The number of allylic oxidation sites excluding steroid dienone is 4. The highest BCUT2D eigenvalue weighted by Gasteiger charge is 2.45. The van der Waals surface area contributed by atoms with Crippen LogP contribution in [0.1, 0.15) is 128 Å². The van der Waals surface area contributed by atoms with E-state index >= 15 is 0 Å². The van der Waals surface area contributed by atoms with Crippen molar-refractivity contribution >= 4 is 16.3 Å². The maximum absolute atomic E-state index is 2.50. The largest absolute Gasteiger partial charge is 0.0758 e. The van der Waals surface area contributed by atoms with Gasteiger partial charge in [-0.05, 0) is 180 Å². The summed E-state index contributed by atoms with van der Waals surface area (Å²) in [6.45, 7) is 18.4. The maximum atomic E-state index is 2.50. The zero-order valence-corrected chi connectivity index (χ0v) is 44.8. The molecule has 2 atom stereocenters. The standard InChI is InChI=1S/C33H32.C22H22.C19H16/c1-21-15-17-27-28-18-16-24(20-31(28)33(3,4)30(27)19-21)26-13-8-14-29(32(26)23-10-7-11-23)25-12-6-5-9-22(25)2;1-15-9-11-18-19-12-10-17(16-7-5-4-6-8-16)14-21(19)22(2,3)20(18)13-15;1-2-6-13-11-12-18-16-8-4-3-7-15(16)17-10-5-9-14(13)19(17)18/h5-6,8-9,12-20,23H,7,10-11H2,1-4H3;4-14,19,21H,1-3H3;3-5,7-12H,2,6H2,1H3. The van der Waals surface area contributed by atoms with Crippen molar-refractivity contribution in [1.29, 1.82) is 0 Å². The second kappa shape index (κ2) is 18.9. The number of aryl methyl sites for hydroxylation is 4. The molecule has 366 valence electrons. The molecule has 5 aliphatic rings. The van der Waals surface area contributed by atoms with Gasteiger partial charge in [-0.2, -0.15) is 0 Å². The Morgan fingerprint density at radius 2 is 1.08 bits per heavy atom. The molecule has 0 spiro atoms. The fourth-order valence-corrected chi connectivity index (χ4v) is 13.6. The van der Waals surface area contributed by atoms with Crippen molar-refractivity contribution in [3.05, 3.63) is 256 Å². The van der Waals surface area contributed by atoms with E-state index in [1.165, 1.54) is 148 Å². The Bertz CT molecular complexity index is 3670. The van der Waals surface area contributed by atoms with Crippen LogP contribution in [-0.4, -0.2) is 0 Å². The molecule has 0 aliphatic heterocycles. The zero-order chi connectivity index (χ0) is 50.9. The van der Waals surface area contributed by atoms with E-state index < -0.39 is 0 Å². The molecule has 0 heterocycles. The van der Waals surface area contributed by atoms with E-state index in [4.69, 9.17) is 0 Å². The van der Waals surface area contributed by atoms with Gasteiger partial charge in [0.05, 0.1) is 0 Å². The first-order chi connectivity index (χ1) is 35.9. The van der Waals surface area contributed by atoms with Crippen LogP contribution in [0, 0.1) is 26.7 Å². The van der Waals surface area contributed by atoms with Crippen molar-refractivity contribution in [2.24, 2.45) is 5.92 Å². The molecule has 74 heavy (non-hydrogen) atoms. The average molecular weight is 959 g/mol. The first-order valence-electron chi connectivity index (χ1n) is 27.6. The molecule has 1 saturated carbocycles. The molecule has 0 heteroatoms. The Labute approximate surface area is 441 Å². The lowest BCUT2D eigenvalue weighted by molar-refractivity contribution is 0.395. The topological polar surface area (TPSA) is 0 Å². The zero-order valence-electron chi connectivity index (χ0n) is 44.8. The first kappa shape index (κ1) is 47.7. The summed E-state index contributed by atoms with van der Waals surface area (Å²) in [4.78, 5) is 0. The van der Waals surface area contributed by atoms with Gasteiger partial charge in [-0.3, -0.25) is 0 Å². The van der Waals surface area contributed by atoms with Gasteiger partial charge in [-0.25, -0.2) is 0 Å². The van der Waals surface area contributed by atoms with Gasteiger partial charge >= 0.3 is 0 Å². The lowest BCUT2D eigenvalue weighted by atomic mass is 9.73. The third-order valence-electron chi connectivity index (χ3n) is 17.8. The molecular formula is C74H70. The molecule has 0 amide bonds. The van der Waals surface area contributed by atoms with Crippen molar-refractivity contribution in [3.63, 3.8) is 0 Å². The third-order valence-corrected chi connectivity index (χ3v) is 17.8. The van der Waals surface area contributed by atoms with Gasteiger partial charge in [0.1, 0.15) is 0 Å². The summed E-state index contributed by atoms with van der Waals surface area (Å²) >= 11 is 0. The third kappa shape index (κ3) is 8.05. The second-order valence-corrected chi connectivity index (χ2v) is 23.2. The number of benzene rings is 9. The monoisotopic (exact) mass is 959 g/mol. The number of fused-ring (bicyclic) bond motifs is 9. The SMILES string of the molecule is CCCc1ccc2c3c(cccc13)-c1ccccc1-2.Cc1ccc2c(c1)C(C)(C)C1C=C(c3ccccc3)C=CC21.Cc1ccc2c(c1)C(C)(C)c1cc(-c3cccc(-c4ccccc4C)c3C3CCC3)ccc1-2. The minimum absolute atomic E-state index is 0.0248. The second-order valence-electron chi connectivity index (χ2n) is 23.2. The molecule has 2 unspecified atom stereocenters. The van der Waals surface area contributed by atoms with E-state index in [0.29, 0.717) is 17.8 Å². The van der Waals surface area contributed by atoms with E-state index in [1.807, 2.05) is 0 Å². The molecule has 14 rings (SSSR count). The van der Waals surface area contributed by atoms with Gasteiger partial charge in [0.2, 0.25) is 0 Å². The van der Waals surface area contributed by atoms with Crippen LogP contribution in [0.25, 0.3) is 72.0 Å². The molecule has 0 aromatic heterocycles. The summed E-state index contributed by atoms with van der Waals surface area (Å²) < 4.78 is 0. The molecule has 0 N–H and O–H groups in total. The normalized spacial score (nSPS) is 17.6. The van der Waals surface area contributed by atoms with Gasteiger partial charge in [0, 0.05) is 11.3 Å².